The molecular weight excluding hydrogens is 172 g/mol. The molecule has 0 bridgehead atoms. The first-order chi connectivity index (χ1) is 6.72. The summed E-state index contributed by atoms with van der Waals surface area (Å²) in [5, 5.41) is 0. The molecule has 0 spiro atoms. The molecule has 2 rings (SSSR count). The van der Waals surface area contributed by atoms with Crippen molar-refractivity contribution in [3.63, 3.8) is 0 Å². The van der Waals surface area contributed by atoms with Gasteiger partial charge in [0, 0.05) is 24.8 Å². The van der Waals surface area contributed by atoms with Gasteiger partial charge < -0.3 is 10.6 Å². The van der Waals surface area contributed by atoms with E-state index in [0.717, 1.165) is 13.1 Å². The molecule has 0 saturated carbocycles. The average molecular weight is 190 g/mol. The minimum atomic E-state index is 0.139. The highest BCUT2D eigenvalue weighted by atomic mass is 15.1. The predicted molar refractivity (Wildman–Crippen MR) is 60.6 cm³/mol. The van der Waals surface area contributed by atoms with Gasteiger partial charge in [-0.15, -0.1) is 0 Å². The summed E-state index contributed by atoms with van der Waals surface area (Å²) in [6.45, 7) is 6.49. The summed E-state index contributed by atoms with van der Waals surface area (Å²) in [6, 6.07) is 6.77. The highest BCUT2D eigenvalue weighted by molar-refractivity contribution is 5.59. The maximum atomic E-state index is 5.88. The van der Waals surface area contributed by atoms with Crippen molar-refractivity contribution in [2.75, 3.05) is 18.0 Å². The van der Waals surface area contributed by atoms with Crippen molar-refractivity contribution >= 4 is 5.69 Å². The quantitative estimate of drug-likeness (QED) is 0.773. The van der Waals surface area contributed by atoms with E-state index in [-0.39, 0.29) is 6.04 Å². The van der Waals surface area contributed by atoms with Crippen LogP contribution in [-0.4, -0.2) is 13.1 Å². The van der Waals surface area contributed by atoms with E-state index in [9.17, 15) is 0 Å². The van der Waals surface area contributed by atoms with Crippen LogP contribution in [0.1, 0.15) is 31.0 Å². The van der Waals surface area contributed by atoms with Crippen molar-refractivity contribution in [3.05, 3.63) is 29.3 Å². The number of hydrogen-bond donors (Lipinski definition) is 1. The van der Waals surface area contributed by atoms with Crippen molar-refractivity contribution in [2.45, 2.75) is 26.3 Å². The summed E-state index contributed by atoms with van der Waals surface area (Å²) < 4.78 is 0. The van der Waals surface area contributed by atoms with Gasteiger partial charge in [-0.25, -0.2) is 0 Å². The first-order valence-corrected chi connectivity index (χ1v) is 5.35. The number of anilines is 1. The third-order valence-electron chi connectivity index (χ3n) is 3.01. The van der Waals surface area contributed by atoms with Gasteiger partial charge in [0.15, 0.2) is 0 Å². The van der Waals surface area contributed by atoms with E-state index in [1.54, 1.807) is 0 Å². The van der Waals surface area contributed by atoms with Crippen molar-refractivity contribution in [1.29, 1.82) is 0 Å². The smallest absolute Gasteiger partial charge is 0.0402 e. The Morgan fingerprint density at radius 1 is 1.50 bits per heavy atom. The van der Waals surface area contributed by atoms with Crippen LogP contribution in [-0.2, 0) is 6.42 Å². The lowest BCUT2D eigenvalue weighted by molar-refractivity contribution is 0.816. The summed E-state index contributed by atoms with van der Waals surface area (Å²) in [5.74, 6) is 0. The van der Waals surface area contributed by atoms with Crippen LogP contribution in [0.3, 0.4) is 0 Å². The van der Waals surface area contributed by atoms with Gasteiger partial charge >= 0.3 is 0 Å². The number of benzene rings is 1. The second-order valence-electron chi connectivity index (χ2n) is 4.01. The number of hydrogen-bond acceptors (Lipinski definition) is 2. The zero-order valence-electron chi connectivity index (χ0n) is 8.96. The molecule has 14 heavy (non-hydrogen) atoms. The Morgan fingerprint density at radius 2 is 2.29 bits per heavy atom. The van der Waals surface area contributed by atoms with Crippen molar-refractivity contribution < 1.29 is 0 Å². The minimum absolute atomic E-state index is 0.139. The van der Waals surface area contributed by atoms with Crippen LogP contribution < -0.4 is 10.6 Å². The lowest BCUT2D eigenvalue weighted by Crippen LogP contribution is -2.19. The third kappa shape index (κ3) is 1.50. The molecule has 0 amide bonds. The molecular formula is C12H18N2. The van der Waals surface area contributed by atoms with E-state index in [1.807, 2.05) is 6.92 Å². The molecule has 0 aliphatic carbocycles. The first kappa shape index (κ1) is 9.53. The van der Waals surface area contributed by atoms with Crippen molar-refractivity contribution in [1.82, 2.24) is 0 Å². The third-order valence-corrected chi connectivity index (χ3v) is 3.01. The Morgan fingerprint density at radius 3 is 2.93 bits per heavy atom. The highest BCUT2D eigenvalue weighted by Gasteiger charge is 2.17. The minimum Gasteiger partial charge on any atom is -0.371 e. The van der Waals surface area contributed by atoms with E-state index in [2.05, 4.69) is 30.0 Å². The molecule has 2 nitrogen and oxygen atoms in total. The largest absolute Gasteiger partial charge is 0.371 e. The summed E-state index contributed by atoms with van der Waals surface area (Å²) in [6.07, 6.45) is 1.18. The Hall–Kier alpha value is -1.02. The van der Waals surface area contributed by atoms with Crippen LogP contribution in [0, 0.1) is 0 Å². The average Bonchev–Trinajstić information content (AvgIpc) is 2.59. The molecule has 1 aliphatic rings. The molecule has 1 unspecified atom stereocenters. The van der Waals surface area contributed by atoms with Gasteiger partial charge in [-0.05, 0) is 37.5 Å². The lowest BCUT2D eigenvalue weighted by atomic mass is 10.0. The molecule has 0 saturated heterocycles. The number of nitrogens with two attached hydrogens (primary N) is 1. The maximum absolute atomic E-state index is 5.88. The van der Waals surface area contributed by atoms with Gasteiger partial charge in [-0.2, -0.15) is 0 Å². The fraction of sp³-hybridized carbons (Fsp3) is 0.500. The number of fused-ring (bicyclic) bond motifs is 1. The zero-order valence-corrected chi connectivity index (χ0v) is 8.96. The van der Waals surface area contributed by atoms with Crippen LogP contribution in [0.4, 0.5) is 5.69 Å². The van der Waals surface area contributed by atoms with Crippen LogP contribution in [0.15, 0.2) is 18.2 Å². The van der Waals surface area contributed by atoms with E-state index >= 15 is 0 Å². The number of rotatable bonds is 2. The summed E-state index contributed by atoms with van der Waals surface area (Å²) in [5.41, 5.74) is 9.98. The Kier molecular flexibility index (Phi) is 2.46. The van der Waals surface area contributed by atoms with Gasteiger partial charge in [-0.1, -0.05) is 12.1 Å². The second kappa shape index (κ2) is 3.62. The SMILES string of the molecule is CCN1CCc2ccc(C(C)N)cc21. The van der Waals surface area contributed by atoms with Crippen molar-refractivity contribution in [3.8, 4) is 0 Å². The molecule has 1 aromatic carbocycles. The van der Waals surface area contributed by atoms with Gasteiger partial charge in [0.25, 0.3) is 0 Å². The van der Waals surface area contributed by atoms with Gasteiger partial charge in [0.2, 0.25) is 0 Å². The van der Waals surface area contributed by atoms with E-state index in [1.165, 1.54) is 23.2 Å². The molecule has 0 radical (unpaired) electrons. The second-order valence-corrected chi connectivity index (χ2v) is 4.01. The van der Waals surface area contributed by atoms with E-state index in [4.69, 9.17) is 5.73 Å². The number of nitrogens with zero attached hydrogens (tertiary/aromatic N) is 1. The Balaban J connectivity index is 2.37. The van der Waals surface area contributed by atoms with Crippen LogP contribution in [0.2, 0.25) is 0 Å². The molecule has 1 atom stereocenters. The van der Waals surface area contributed by atoms with E-state index < -0.39 is 0 Å². The molecule has 2 N–H and O–H groups in total. The molecule has 2 heteroatoms. The molecule has 1 aromatic rings. The van der Waals surface area contributed by atoms with Crippen molar-refractivity contribution in [2.24, 2.45) is 5.73 Å². The molecule has 76 valence electrons. The maximum Gasteiger partial charge on any atom is 0.0402 e. The fourth-order valence-corrected chi connectivity index (χ4v) is 2.07. The van der Waals surface area contributed by atoms with Gasteiger partial charge in [-0.3, -0.25) is 0 Å². The summed E-state index contributed by atoms with van der Waals surface area (Å²) in [4.78, 5) is 2.42. The predicted octanol–water partition coefficient (Wildman–Crippen LogP) is 2.09. The van der Waals surface area contributed by atoms with E-state index in [0.29, 0.717) is 0 Å². The molecule has 0 fully saturated rings. The van der Waals surface area contributed by atoms with Gasteiger partial charge in [0.1, 0.15) is 0 Å². The first-order valence-electron chi connectivity index (χ1n) is 5.35. The fourth-order valence-electron chi connectivity index (χ4n) is 2.07. The summed E-state index contributed by atoms with van der Waals surface area (Å²) >= 11 is 0. The zero-order chi connectivity index (χ0) is 10.1. The normalized spacial score (nSPS) is 16.9. The van der Waals surface area contributed by atoms with Crippen LogP contribution >= 0.6 is 0 Å². The summed E-state index contributed by atoms with van der Waals surface area (Å²) in [7, 11) is 0. The Labute approximate surface area is 85.7 Å². The standard InChI is InChI=1S/C12H18N2/c1-3-14-7-6-10-4-5-11(9(2)13)8-12(10)14/h4-5,8-9H,3,6-7,13H2,1-2H3. The lowest BCUT2D eigenvalue weighted by Gasteiger charge is -2.18. The Bertz CT molecular complexity index is 331. The van der Waals surface area contributed by atoms with Gasteiger partial charge in [0.05, 0.1) is 0 Å². The topological polar surface area (TPSA) is 29.3 Å². The van der Waals surface area contributed by atoms with Crippen LogP contribution in [0.25, 0.3) is 0 Å². The highest BCUT2D eigenvalue weighted by Crippen LogP contribution is 2.29. The monoisotopic (exact) mass is 190 g/mol. The molecule has 1 aliphatic heterocycles. The molecule has 1 heterocycles. The molecule has 0 aromatic heterocycles. The van der Waals surface area contributed by atoms with Crippen LogP contribution in [0.5, 0.6) is 0 Å². The number of likely N-dealkylation sites (N-methyl/N-ethyl adjacent to an activating group) is 1.